The van der Waals surface area contributed by atoms with Gasteiger partial charge in [-0.25, -0.2) is 0 Å². The Kier molecular flexibility index (Phi) is 4.91. The van der Waals surface area contributed by atoms with Crippen LogP contribution in [0.5, 0.6) is 0 Å². The average Bonchev–Trinajstić information content (AvgIpc) is 2.38. The second-order valence-electron chi connectivity index (χ2n) is 5.20. The van der Waals surface area contributed by atoms with Crippen LogP contribution in [0.2, 0.25) is 0 Å². The molecule has 0 saturated carbocycles. The van der Waals surface area contributed by atoms with Gasteiger partial charge in [0.05, 0.1) is 5.41 Å². The topological polar surface area (TPSA) is 55.1 Å². The lowest BCUT2D eigenvalue weighted by atomic mass is 9.92. The maximum absolute atomic E-state index is 12.2. The molecular formula is C15H24N2O. The van der Waals surface area contributed by atoms with Crippen LogP contribution in [0.4, 0.5) is 5.69 Å². The Hall–Kier alpha value is -1.35. The van der Waals surface area contributed by atoms with Gasteiger partial charge >= 0.3 is 0 Å². The van der Waals surface area contributed by atoms with Gasteiger partial charge in [0.1, 0.15) is 0 Å². The van der Waals surface area contributed by atoms with E-state index in [1.165, 1.54) is 11.1 Å². The van der Waals surface area contributed by atoms with Gasteiger partial charge in [-0.15, -0.1) is 0 Å². The van der Waals surface area contributed by atoms with Crippen molar-refractivity contribution in [2.75, 3.05) is 11.9 Å². The molecule has 18 heavy (non-hydrogen) atoms. The van der Waals surface area contributed by atoms with Gasteiger partial charge in [0.25, 0.3) is 0 Å². The van der Waals surface area contributed by atoms with Crippen molar-refractivity contribution < 1.29 is 4.79 Å². The fourth-order valence-electron chi connectivity index (χ4n) is 1.78. The zero-order valence-electron chi connectivity index (χ0n) is 11.8. The van der Waals surface area contributed by atoms with Crippen molar-refractivity contribution in [2.45, 2.75) is 40.5 Å². The maximum atomic E-state index is 12.2. The van der Waals surface area contributed by atoms with Crippen LogP contribution in [0.15, 0.2) is 18.2 Å². The van der Waals surface area contributed by atoms with E-state index >= 15 is 0 Å². The highest BCUT2D eigenvalue weighted by Gasteiger charge is 2.26. The monoisotopic (exact) mass is 248 g/mol. The molecule has 0 aromatic heterocycles. The molecule has 0 unspecified atom stereocenters. The average molecular weight is 248 g/mol. The molecule has 0 radical (unpaired) electrons. The number of para-hydroxylation sites is 1. The van der Waals surface area contributed by atoms with Gasteiger partial charge in [0.15, 0.2) is 0 Å². The van der Waals surface area contributed by atoms with E-state index in [0.717, 1.165) is 18.5 Å². The number of rotatable bonds is 5. The van der Waals surface area contributed by atoms with Crippen molar-refractivity contribution in [3.8, 4) is 0 Å². The number of amides is 1. The molecule has 3 N–H and O–H groups in total. The van der Waals surface area contributed by atoms with Crippen molar-refractivity contribution in [1.29, 1.82) is 0 Å². The van der Waals surface area contributed by atoms with Crippen LogP contribution < -0.4 is 11.1 Å². The Morgan fingerprint density at radius 3 is 2.11 bits per heavy atom. The van der Waals surface area contributed by atoms with E-state index in [4.69, 9.17) is 5.73 Å². The molecule has 1 amide bonds. The SMILES string of the molecule is CCc1cccc(CC)c1NC(=O)C(C)(C)CN. The van der Waals surface area contributed by atoms with Crippen molar-refractivity contribution in [3.63, 3.8) is 0 Å². The van der Waals surface area contributed by atoms with Gasteiger partial charge in [-0.3, -0.25) is 4.79 Å². The van der Waals surface area contributed by atoms with Crippen LogP contribution in [-0.2, 0) is 17.6 Å². The summed E-state index contributed by atoms with van der Waals surface area (Å²) in [6.45, 7) is 8.26. The highest BCUT2D eigenvalue weighted by atomic mass is 16.2. The molecule has 1 rings (SSSR count). The number of hydrogen-bond acceptors (Lipinski definition) is 2. The van der Waals surface area contributed by atoms with Gasteiger partial charge in [-0.05, 0) is 37.8 Å². The highest BCUT2D eigenvalue weighted by molar-refractivity contribution is 5.96. The molecule has 0 atom stereocenters. The Balaban J connectivity index is 3.06. The smallest absolute Gasteiger partial charge is 0.231 e. The molecule has 1 aromatic rings. The fraction of sp³-hybridized carbons (Fsp3) is 0.533. The lowest BCUT2D eigenvalue weighted by molar-refractivity contribution is -0.123. The zero-order valence-corrected chi connectivity index (χ0v) is 11.8. The lowest BCUT2D eigenvalue weighted by Gasteiger charge is -2.23. The van der Waals surface area contributed by atoms with E-state index < -0.39 is 5.41 Å². The number of nitrogens with two attached hydrogens (primary N) is 1. The van der Waals surface area contributed by atoms with Crippen LogP contribution in [0.1, 0.15) is 38.8 Å². The van der Waals surface area contributed by atoms with Gasteiger partial charge in [0.2, 0.25) is 5.91 Å². The standard InChI is InChI=1S/C15H24N2O/c1-5-11-8-7-9-12(6-2)13(11)17-14(18)15(3,4)10-16/h7-9H,5-6,10,16H2,1-4H3,(H,17,18). The number of carbonyl (C=O) groups is 1. The predicted octanol–water partition coefficient (Wildman–Crippen LogP) is 2.73. The molecule has 1 aromatic carbocycles. The number of nitrogens with one attached hydrogen (secondary N) is 1. The number of anilines is 1. The summed E-state index contributed by atoms with van der Waals surface area (Å²) in [5, 5.41) is 3.05. The minimum Gasteiger partial charge on any atom is -0.329 e. The second-order valence-corrected chi connectivity index (χ2v) is 5.20. The molecule has 0 aliphatic rings. The molecule has 100 valence electrons. The summed E-state index contributed by atoms with van der Waals surface area (Å²) in [5.41, 5.74) is 8.42. The Morgan fingerprint density at radius 2 is 1.72 bits per heavy atom. The fourth-order valence-corrected chi connectivity index (χ4v) is 1.78. The van der Waals surface area contributed by atoms with Gasteiger partial charge in [-0.1, -0.05) is 32.0 Å². The van der Waals surface area contributed by atoms with E-state index in [-0.39, 0.29) is 5.91 Å². The summed E-state index contributed by atoms with van der Waals surface area (Å²) in [6, 6.07) is 6.16. The van der Waals surface area contributed by atoms with Crippen molar-refractivity contribution in [3.05, 3.63) is 29.3 Å². The van der Waals surface area contributed by atoms with E-state index in [1.807, 2.05) is 19.9 Å². The number of benzene rings is 1. The molecule has 0 saturated heterocycles. The first-order valence-electron chi connectivity index (χ1n) is 6.58. The third-order valence-electron chi connectivity index (χ3n) is 3.36. The minimum absolute atomic E-state index is 0.0133. The molecular weight excluding hydrogens is 224 g/mol. The van der Waals surface area contributed by atoms with Gasteiger partial charge in [-0.2, -0.15) is 0 Å². The van der Waals surface area contributed by atoms with E-state index in [1.54, 1.807) is 0 Å². The molecule has 3 heteroatoms. The zero-order chi connectivity index (χ0) is 13.8. The first-order valence-corrected chi connectivity index (χ1v) is 6.58. The minimum atomic E-state index is -0.536. The van der Waals surface area contributed by atoms with Crippen molar-refractivity contribution >= 4 is 11.6 Å². The van der Waals surface area contributed by atoms with Crippen LogP contribution in [-0.4, -0.2) is 12.5 Å². The highest BCUT2D eigenvalue weighted by Crippen LogP contribution is 2.25. The summed E-state index contributed by atoms with van der Waals surface area (Å²) < 4.78 is 0. The quantitative estimate of drug-likeness (QED) is 0.841. The lowest BCUT2D eigenvalue weighted by Crippen LogP contribution is -2.37. The van der Waals surface area contributed by atoms with Crippen LogP contribution in [0, 0.1) is 5.41 Å². The van der Waals surface area contributed by atoms with E-state index in [0.29, 0.717) is 6.54 Å². The van der Waals surface area contributed by atoms with Crippen molar-refractivity contribution in [1.82, 2.24) is 0 Å². The summed E-state index contributed by atoms with van der Waals surface area (Å²) >= 11 is 0. The molecule has 0 heterocycles. The normalized spacial score (nSPS) is 11.4. The van der Waals surface area contributed by atoms with Gasteiger partial charge < -0.3 is 11.1 Å². The largest absolute Gasteiger partial charge is 0.329 e. The molecule has 0 bridgehead atoms. The predicted molar refractivity (Wildman–Crippen MR) is 76.7 cm³/mol. The molecule has 3 nitrogen and oxygen atoms in total. The van der Waals surface area contributed by atoms with E-state index in [2.05, 4.69) is 31.3 Å². The Morgan fingerprint density at radius 1 is 1.22 bits per heavy atom. The summed E-state index contributed by atoms with van der Waals surface area (Å²) in [4.78, 5) is 12.2. The van der Waals surface area contributed by atoms with E-state index in [9.17, 15) is 4.79 Å². The first kappa shape index (κ1) is 14.7. The van der Waals surface area contributed by atoms with Crippen LogP contribution >= 0.6 is 0 Å². The summed E-state index contributed by atoms with van der Waals surface area (Å²) in [5.74, 6) is -0.0133. The molecule has 0 aliphatic carbocycles. The third-order valence-corrected chi connectivity index (χ3v) is 3.36. The van der Waals surface area contributed by atoms with Crippen LogP contribution in [0.25, 0.3) is 0 Å². The first-order chi connectivity index (χ1) is 8.46. The number of aryl methyl sites for hydroxylation is 2. The summed E-state index contributed by atoms with van der Waals surface area (Å²) in [7, 11) is 0. The summed E-state index contributed by atoms with van der Waals surface area (Å²) in [6.07, 6.45) is 1.82. The molecule has 0 spiro atoms. The Bertz CT molecular complexity index is 402. The molecule has 0 fully saturated rings. The molecule has 0 aliphatic heterocycles. The Labute approximate surface area is 110 Å². The second kappa shape index (κ2) is 6.01. The number of carbonyl (C=O) groups excluding carboxylic acids is 1. The third kappa shape index (κ3) is 3.10. The number of hydrogen-bond donors (Lipinski definition) is 2. The maximum Gasteiger partial charge on any atom is 0.231 e. The van der Waals surface area contributed by atoms with Crippen LogP contribution in [0.3, 0.4) is 0 Å². The van der Waals surface area contributed by atoms with Crippen molar-refractivity contribution in [2.24, 2.45) is 11.1 Å². The van der Waals surface area contributed by atoms with Gasteiger partial charge in [0, 0.05) is 12.2 Å².